The van der Waals surface area contributed by atoms with E-state index in [2.05, 4.69) is 16.0 Å². The first-order valence-corrected chi connectivity index (χ1v) is 10.5. The Morgan fingerprint density at radius 1 is 0.788 bits per heavy atom. The zero-order chi connectivity index (χ0) is 25.7. The summed E-state index contributed by atoms with van der Waals surface area (Å²) >= 11 is 0. The SMILES string of the molecule is CC(O)C(NC(=O)C(CCCCN)NC(=O)C(NC(=O)C(N)CCC(=O)O)C(C)O)C(=O)O. The molecule has 6 unspecified atom stereocenters. The van der Waals surface area contributed by atoms with Gasteiger partial charge in [-0.05, 0) is 46.1 Å². The number of rotatable bonds is 16. The van der Waals surface area contributed by atoms with E-state index in [1.54, 1.807) is 0 Å². The molecule has 0 aromatic rings. The summed E-state index contributed by atoms with van der Waals surface area (Å²) in [6.45, 7) is 2.70. The van der Waals surface area contributed by atoms with Gasteiger partial charge >= 0.3 is 11.9 Å². The molecule has 190 valence electrons. The van der Waals surface area contributed by atoms with Crippen molar-refractivity contribution in [2.45, 2.75) is 82.3 Å². The molecule has 14 heteroatoms. The molecule has 0 radical (unpaired) electrons. The number of nitrogens with two attached hydrogens (primary N) is 2. The summed E-state index contributed by atoms with van der Waals surface area (Å²) in [4.78, 5) is 59.4. The molecule has 0 saturated heterocycles. The topological polar surface area (TPSA) is 254 Å². The van der Waals surface area contributed by atoms with Crippen molar-refractivity contribution in [3.05, 3.63) is 0 Å². The van der Waals surface area contributed by atoms with E-state index in [9.17, 15) is 34.2 Å². The van der Waals surface area contributed by atoms with Gasteiger partial charge in [-0.15, -0.1) is 0 Å². The minimum Gasteiger partial charge on any atom is -0.481 e. The molecule has 3 amide bonds. The Morgan fingerprint density at radius 3 is 1.79 bits per heavy atom. The Balaban J connectivity index is 5.39. The number of hydrogen-bond donors (Lipinski definition) is 9. The largest absolute Gasteiger partial charge is 0.481 e. The fourth-order valence-corrected chi connectivity index (χ4v) is 2.74. The number of aliphatic hydroxyl groups excluding tert-OH is 2. The van der Waals surface area contributed by atoms with E-state index in [1.807, 2.05) is 0 Å². The van der Waals surface area contributed by atoms with Crippen LogP contribution in [0.3, 0.4) is 0 Å². The molecule has 14 nitrogen and oxygen atoms in total. The molecule has 0 spiro atoms. The number of nitrogens with one attached hydrogen (secondary N) is 3. The first kappa shape index (κ1) is 30.2. The molecule has 0 aliphatic rings. The number of carbonyl (C=O) groups is 5. The summed E-state index contributed by atoms with van der Waals surface area (Å²) in [5.74, 6) is -5.34. The normalized spacial score (nSPS) is 16.4. The van der Waals surface area contributed by atoms with Crippen molar-refractivity contribution in [1.82, 2.24) is 16.0 Å². The van der Waals surface area contributed by atoms with Crippen molar-refractivity contribution in [2.24, 2.45) is 11.5 Å². The maximum absolute atomic E-state index is 12.7. The van der Waals surface area contributed by atoms with Crippen LogP contribution in [0.4, 0.5) is 0 Å². The van der Waals surface area contributed by atoms with Gasteiger partial charge in [0, 0.05) is 6.42 Å². The summed E-state index contributed by atoms with van der Waals surface area (Å²) < 4.78 is 0. The van der Waals surface area contributed by atoms with E-state index in [1.165, 1.54) is 13.8 Å². The molecule has 0 aromatic heterocycles. The van der Waals surface area contributed by atoms with Crippen LogP contribution in [0.1, 0.15) is 46.0 Å². The Morgan fingerprint density at radius 2 is 1.33 bits per heavy atom. The van der Waals surface area contributed by atoms with E-state index in [-0.39, 0.29) is 19.3 Å². The van der Waals surface area contributed by atoms with E-state index in [4.69, 9.17) is 21.7 Å². The molecule has 6 atom stereocenters. The Hall–Kier alpha value is -2.81. The first-order chi connectivity index (χ1) is 15.3. The van der Waals surface area contributed by atoms with E-state index < -0.39 is 66.0 Å². The highest BCUT2D eigenvalue weighted by atomic mass is 16.4. The van der Waals surface area contributed by atoms with Crippen molar-refractivity contribution < 1.29 is 44.4 Å². The van der Waals surface area contributed by atoms with Crippen molar-refractivity contribution in [3.8, 4) is 0 Å². The molecule has 33 heavy (non-hydrogen) atoms. The van der Waals surface area contributed by atoms with Crippen molar-refractivity contribution in [2.75, 3.05) is 6.54 Å². The van der Waals surface area contributed by atoms with Gasteiger partial charge in [-0.1, -0.05) is 0 Å². The third kappa shape index (κ3) is 11.6. The van der Waals surface area contributed by atoms with Gasteiger partial charge in [0.1, 0.15) is 12.1 Å². The Kier molecular flexibility index (Phi) is 13.8. The predicted octanol–water partition coefficient (Wildman–Crippen LogP) is -3.39. The number of unbranched alkanes of at least 4 members (excludes halogenated alkanes) is 1. The average molecular weight is 478 g/mol. The first-order valence-electron chi connectivity index (χ1n) is 10.5. The smallest absolute Gasteiger partial charge is 0.328 e. The molecule has 0 rings (SSSR count). The van der Waals surface area contributed by atoms with Crippen molar-refractivity contribution in [3.63, 3.8) is 0 Å². The van der Waals surface area contributed by atoms with E-state index >= 15 is 0 Å². The number of carboxylic acid groups (broad SMARTS) is 2. The lowest BCUT2D eigenvalue weighted by Crippen LogP contribution is -2.60. The number of aliphatic carboxylic acids is 2. The van der Waals surface area contributed by atoms with Crippen LogP contribution in [0.25, 0.3) is 0 Å². The fourth-order valence-electron chi connectivity index (χ4n) is 2.74. The highest BCUT2D eigenvalue weighted by molar-refractivity contribution is 5.94. The monoisotopic (exact) mass is 477 g/mol. The molecule has 0 aromatic carbocycles. The maximum Gasteiger partial charge on any atom is 0.328 e. The standard InChI is InChI=1S/C19H35N5O9/c1-9(25)14(23-16(29)11(21)6-7-13(27)28)18(31)22-12(5-3-4-8-20)17(30)24-15(10(2)26)19(32)33/h9-12,14-15,25-26H,3-8,20-21H2,1-2H3,(H,22,31)(H,23,29)(H,24,30)(H,27,28)(H,32,33). The van der Waals surface area contributed by atoms with Crippen LogP contribution < -0.4 is 27.4 Å². The van der Waals surface area contributed by atoms with Crippen LogP contribution >= 0.6 is 0 Å². The molecule has 0 bridgehead atoms. The number of carboxylic acids is 2. The molecule has 0 aliphatic carbocycles. The molecular formula is C19H35N5O9. The van der Waals surface area contributed by atoms with Crippen LogP contribution in [-0.2, 0) is 24.0 Å². The molecular weight excluding hydrogens is 442 g/mol. The lowest BCUT2D eigenvalue weighted by atomic mass is 10.0. The van der Waals surface area contributed by atoms with Gasteiger partial charge in [0.05, 0.1) is 18.2 Å². The van der Waals surface area contributed by atoms with Crippen molar-refractivity contribution >= 4 is 29.7 Å². The van der Waals surface area contributed by atoms with Gasteiger partial charge in [-0.3, -0.25) is 19.2 Å². The van der Waals surface area contributed by atoms with Crippen LogP contribution in [-0.4, -0.2) is 93.0 Å². The summed E-state index contributed by atoms with van der Waals surface area (Å²) in [6.07, 6.45) is -2.42. The lowest BCUT2D eigenvalue weighted by Gasteiger charge is -2.27. The quantitative estimate of drug-likeness (QED) is 0.0990. The average Bonchev–Trinajstić information content (AvgIpc) is 2.71. The highest BCUT2D eigenvalue weighted by Crippen LogP contribution is 2.05. The fraction of sp³-hybridized carbons (Fsp3) is 0.737. The Bertz CT molecular complexity index is 687. The lowest BCUT2D eigenvalue weighted by molar-refractivity contribution is -0.145. The minimum atomic E-state index is -1.62. The van der Waals surface area contributed by atoms with Gasteiger partial charge in [-0.2, -0.15) is 0 Å². The number of hydrogen-bond acceptors (Lipinski definition) is 9. The van der Waals surface area contributed by atoms with E-state index in [0.717, 1.165) is 0 Å². The van der Waals surface area contributed by atoms with Crippen molar-refractivity contribution in [1.29, 1.82) is 0 Å². The third-order valence-electron chi connectivity index (χ3n) is 4.69. The van der Waals surface area contributed by atoms with Gasteiger partial charge in [0.15, 0.2) is 6.04 Å². The van der Waals surface area contributed by atoms with Gasteiger partial charge in [0.2, 0.25) is 17.7 Å². The second kappa shape index (κ2) is 15.1. The molecule has 0 fully saturated rings. The van der Waals surface area contributed by atoms with Gasteiger partial charge < -0.3 is 47.8 Å². The van der Waals surface area contributed by atoms with Gasteiger partial charge in [-0.25, -0.2) is 4.79 Å². The maximum atomic E-state index is 12.7. The zero-order valence-electron chi connectivity index (χ0n) is 18.7. The second-order valence-electron chi connectivity index (χ2n) is 7.68. The summed E-state index contributed by atoms with van der Waals surface area (Å²) in [7, 11) is 0. The van der Waals surface area contributed by atoms with Crippen LogP contribution in [0.5, 0.6) is 0 Å². The number of aliphatic hydroxyl groups is 2. The zero-order valence-corrected chi connectivity index (χ0v) is 18.7. The number of amides is 3. The number of carbonyl (C=O) groups excluding carboxylic acids is 3. The summed E-state index contributed by atoms with van der Waals surface area (Å²) in [5.41, 5.74) is 11.1. The van der Waals surface area contributed by atoms with Crippen LogP contribution in [0, 0.1) is 0 Å². The minimum absolute atomic E-state index is 0.0690. The molecule has 0 heterocycles. The summed E-state index contributed by atoms with van der Waals surface area (Å²) in [5, 5.41) is 44.1. The Labute approximate surface area is 191 Å². The molecule has 11 N–H and O–H groups in total. The highest BCUT2D eigenvalue weighted by Gasteiger charge is 2.33. The van der Waals surface area contributed by atoms with Crippen LogP contribution in [0.15, 0.2) is 0 Å². The predicted molar refractivity (Wildman–Crippen MR) is 115 cm³/mol. The molecule has 0 saturated carbocycles. The summed E-state index contributed by atoms with van der Waals surface area (Å²) in [6, 6.07) is -5.64. The third-order valence-corrected chi connectivity index (χ3v) is 4.69. The van der Waals surface area contributed by atoms with E-state index in [0.29, 0.717) is 19.4 Å². The van der Waals surface area contributed by atoms with Crippen LogP contribution in [0.2, 0.25) is 0 Å². The molecule has 0 aliphatic heterocycles. The second-order valence-corrected chi connectivity index (χ2v) is 7.68. The van der Waals surface area contributed by atoms with Gasteiger partial charge in [0.25, 0.3) is 0 Å².